The van der Waals surface area contributed by atoms with Gasteiger partial charge < -0.3 is 20.1 Å². The second-order valence-electron chi connectivity index (χ2n) is 5.63. The minimum atomic E-state index is -0.708. The van der Waals surface area contributed by atoms with Crippen molar-refractivity contribution >= 4 is 23.0 Å². The van der Waals surface area contributed by atoms with Gasteiger partial charge in [-0.15, -0.1) is 0 Å². The van der Waals surface area contributed by atoms with Gasteiger partial charge in [0.1, 0.15) is 29.1 Å². The molecule has 0 aliphatic heterocycles. The molecule has 1 heterocycles. The van der Waals surface area contributed by atoms with Gasteiger partial charge >= 0.3 is 0 Å². The Balaban J connectivity index is 1.85. The van der Waals surface area contributed by atoms with E-state index in [1.165, 1.54) is 12.1 Å². The van der Waals surface area contributed by atoms with E-state index >= 15 is 0 Å². The lowest BCUT2D eigenvalue weighted by Crippen LogP contribution is -2.03. The summed E-state index contributed by atoms with van der Waals surface area (Å²) in [7, 11) is 3.11. The average molecular weight is 372 g/mol. The Morgan fingerprint density at radius 1 is 0.815 bits per heavy atom. The number of nitrogens with one attached hydrogen (secondary N) is 2. The van der Waals surface area contributed by atoms with Crippen molar-refractivity contribution in [3.05, 3.63) is 59.9 Å². The van der Waals surface area contributed by atoms with Crippen molar-refractivity contribution in [2.45, 2.75) is 6.92 Å². The van der Waals surface area contributed by atoms with Crippen LogP contribution in [-0.2, 0) is 0 Å². The number of ether oxygens (including phenoxy) is 2. The highest BCUT2D eigenvalue weighted by atomic mass is 19.1. The number of methoxy groups -OCH3 is 2. The van der Waals surface area contributed by atoms with E-state index in [0.29, 0.717) is 29.0 Å². The quantitative estimate of drug-likeness (QED) is 0.661. The molecule has 0 saturated heterocycles. The Morgan fingerprint density at radius 2 is 1.52 bits per heavy atom. The summed E-state index contributed by atoms with van der Waals surface area (Å²) in [6, 6.07) is 10.2. The molecule has 0 saturated carbocycles. The highest BCUT2D eigenvalue weighted by Gasteiger charge is 2.09. The third kappa shape index (κ3) is 4.41. The maximum Gasteiger partial charge on any atom is 0.162 e. The first-order valence-corrected chi connectivity index (χ1v) is 8.05. The molecule has 140 valence electrons. The Kier molecular flexibility index (Phi) is 5.35. The summed E-state index contributed by atoms with van der Waals surface area (Å²) < 4.78 is 37.4. The summed E-state index contributed by atoms with van der Waals surface area (Å²) in [5, 5.41) is 5.97. The lowest BCUT2D eigenvalue weighted by Gasteiger charge is -2.13. The first-order chi connectivity index (χ1) is 13.0. The van der Waals surface area contributed by atoms with Crippen LogP contribution in [0.1, 0.15) is 5.82 Å². The Labute approximate surface area is 155 Å². The van der Waals surface area contributed by atoms with E-state index < -0.39 is 11.6 Å². The molecular weight excluding hydrogens is 354 g/mol. The molecule has 3 rings (SSSR count). The number of nitrogens with zero attached hydrogens (tertiary/aromatic N) is 2. The lowest BCUT2D eigenvalue weighted by atomic mass is 10.2. The first kappa shape index (κ1) is 18.4. The molecule has 0 amide bonds. The second-order valence-corrected chi connectivity index (χ2v) is 5.63. The summed E-state index contributed by atoms with van der Waals surface area (Å²) in [6.07, 6.45) is 0. The van der Waals surface area contributed by atoms with Crippen LogP contribution in [0.5, 0.6) is 11.5 Å². The zero-order valence-corrected chi connectivity index (χ0v) is 15.0. The summed E-state index contributed by atoms with van der Waals surface area (Å²) in [6.45, 7) is 1.71. The molecule has 0 spiro atoms. The van der Waals surface area contributed by atoms with Gasteiger partial charge in [-0.2, -0.15) is 0 Å². The van der Waals surface area contributed by atoms with Gasteiger partial charge in [0.05, 0.1) is 19.9 Å². The topological polar surface area (TPSA) is 68.3 Å². The number of aryl methyl sites for hydroxylation is 1. The highest BCUT2D eigenvalue weighted by molar-refractivity contribution is 5.65. The predicted octanol–water partition coefficient (Wildman–Crippen LogP) is 4.57. The van der Waals surface area contributed by atoms with Crippen LogP contribution < -0.4 is 20.1 Å². The van der Waals surface area contributed by atoms with Crippen molar-refractivity contribution in [2.75, 3.05) is 24.9 Å². The predicted molar refractivity (Wildman–Crippen MR) is 99.2 cm³/mol. The van der Waals surface area contributed by atoms with Crippen LogP contribution in [0, 0.1) is 18.6 Å². The zero-order chi connectivity index (χ0) is 19.4. The van der Waals surface area contributed by atoms with Crippen LogP contribution in [0.3, 0.4) is 0 Å². The second kappa shape index (κ2) is 7.86. The van der Waals surface area contributed by atoms with Crippen LogP contribution in [0.25, 0.3) is 0 Å². The van der Waals surface area contributed by atoms with Gasteiger partial charge in [0.25, 0.3) is 0 Å². The van der Waals surface area contributed by atoms with Crippen LogP contribution in [-0.4, -0.2) is 24.2 Å². The number of hydrogen-bond acceptors (Lipinski definition) is 6. The van der Waals surface area contributed by atoms with E-state index in [1.54, 1.807) is 39.3 Å². The number of halogens is 2. The molecule has 0 bridgehead atoms. The Morgan fingerprint density at radius 3 is 2.19 bits per heavy atom. The minimum Gasteiger partial charge on any atom is -0.493 e. The molecule has 0 aliphatic rings. The lowest BCUT2D eigenvalue weighted by molar-refractivity contribution is 0.355. The van der Waals surface area contributed by atoms with Crippen molar-refractivity contribution in [1.82, 2.24) is 9.97 Å². The number of benzene rings is 2. The van der Waals surface area contributed by atoms with Crippen molar-refractivity contribution < 1.29 is 18.3 Å². The fraction of sp³-hybridized carbons (Fsp3) is 0.158. The largest absolute Gasteiger partial charge is 0.493 e. The van der Waals surface area contributed by atoms with E-state index in [2.05, 4.69) is 20.6 Å². The van der Waals surface area contributed by atoms with Gasteiger partial charge in [-0.1, -0.05) is 0 Å². The highest BCUT2D eigenvalue weighted by Crippen LogP contribution is 2.31. The first-order valence-electron chi connectivity index (χ1n) is 8.05. The summed E-state index contributed by atoms with van der Waals surface area (Å²) in [5.41, 5.74) is 0.844. The molecule has 8 heteroatoms. The molecule has 6 nitrogen and oxygen atoms in total. The van der Waals surface area contributed by atoms with Crippen molar-refractivity contribution in [2.24, 2.45) is 0 Å². The van der Waals surface area contributed by atoms with Crippen LogP contribution in [0.15, 0.2) is 42.5 Å². The monoisotopic (exact) mass is 372 g/mol. The van der Waals surface area contributed by atoms with Crippen molar-refractivity contribution in [3.8, 4) is 11.5 Å². The third-order valence-corrected chi connectivity index (χ3v) is 3.69. The normalized spacial score (nSPS) is 10.4. The van der Waals surface area contributed by atoms with Gasteiger partial charge in [0.15, 0.2) is 11.5 Å². The van der Waals surface area contributed by atoms with Gasteiger partial charge in [-0.3, -0.25) is 0 Å². The molecular formula is C19H18F2N4O2. The van der Waals surface area contributed by atoms with Gasteiger partial charge in [-0.05, 0) is 31.2 Å². The Hall–Kier alpha value is -3.42. The molecule has 2 aromatic carbocycles. The molecule has 2 N–H and O–H groups in total. The average Bonchev–Trinajstić information content (AvgIpc) is 2.63. The summed E-state index contributed by atoms with van der Waals surface area (Å²) >= 11 is 0. The fourth-order valence-electron chi connectivity index (χ4n) is 2.49. The van der Waals surface area contributed by atoms with E-state index in [1.807, 2.05) is 6.07 Å². The SMILES string of the molecule is COc1ccc(Nc2cc(Nc3ccc(F)cc3F)nc(C)n2)cc1OC. The molecule has 3 aromatic rings. The van der Waals surface area contributed by atoms with Crippen LogP contribution >= 0.6 is 0 Å². The molecule has 0 fully saturated rings. The molecule has 27 heavy (non-hydrogen) atoms. The van der Waals surface area contributed by atoms with Crippen molar-refractivity contribution in [1.29, 1.82) is 0 Å². The maximum atomic E-state index is 13.9. The van der Waals surface area contributed by atoms with Gasteiger partial charge in [0.2, 0.25) is 0 Å². The summed E-state index contributed by atoms with van der Waals surface area (Å²) in [5.74, 6) is 1.17. The molecule has 0 atom stereocenters. The van der Waals surface area contributed by atoms with E-state index in [-0.39, 0.29) is 5.69 Å². The number of rotatable bonds is 6. The molecule has 0 aliphatic carbocycles. The van der Waals surface area contributed by atoms with E-state index in [0.717, 1.165) is 11.8 Å². The molecule has 0 unspecified atom stereocenters. The number of hydrogen-bond donors (Lipinski definition) is 2. The zero-order valence-electron chi connectivity index (χ0n) is 15.0. The minimum absolute atomic E-state index is 0.117. The van der Waals surface area contributed by atoms with Gasteiger partial charge in [-0.25, -0.2) is 18.7 Å². The van der Waals surface area contributed by atoms with E-state index in [9.17, 15) is 8.78 Å². The Bertz CT molecular complexity index is 966. The smallest absolute Gasteiger partial charge is 0.162 e. The standard InChI is InChI=1S/C19H18F2N4O2/c1-11-22-18(24-13-5-7-16(26-2)17(9-13)27-3)10-19(23-11)25-15-6-4-12(20)8-14(15)21/h4-10H,1-3H3,(H2,22,23,24,25). The molecule has 0 radical (unpaired) electrons. The number of anilines is 4. The number of aromatic nitrogens is 2. The fourth-order valence-corrected chi connectivity index (χ4v) is 2.49. The molecule has 1 aromatic heterocycles. The van der Waals surface area contributed by atoms with Crippen molar-refractivity contribution in [3.63, 3.8) is 0 Å². The maximum absolute atomic E-state index is 13.9. The van der Waals surface area contributed by atoms with Crippen LogP contribution in [0.4, 0.5) is 31.8 Å². The third-order valence-electron chi connectivity index (χ3n) is 3.69. The van der Waals surface area contributed by atoms with Crippen LogP contribution in [0.2, 0.25) is 0 Å². The van der Waals surface area contributed by atoms with E-state index in [4.69, 9.17) is 9.47 Å². The van der Waals surface area contributed by atoms with Gasteiger partial charge in [0, 0.05) is 23.9 Å². The summed E-state index contributed by atoms with van der Waals surface area (Å²) in [4.78, 5) is 8.55.